The summed E-state index contributed by atoms with van der Waals surface area (Å²) in [6.45, 7) is 3.50. The molecule has 0 aliphatic heterocycles. The molecule has 0 radical (unpaired) electrons. The molecule has 1 amide bonds. The number of nitrogens with one attached hydrogen (secondary N) is 1. The van der Waals surface area contributed by atoms with Crippen LogP contribution in [0.5, 0.6) is 0 Å². The van der Waals surface area contributed by atoms with E-state index in [0.29, 0.717) is 36.1 Å². The van der Waals surface area contributed by atoms with Gasteiger partial charge in [0.1, 0.15) is 0 Å². The minimum absolute atomic E-state index is 0.322. The summed E-state index contributed by atoms with van der Waals surface area (Å²) in [6.07, 6.45) is 6.72. The lowest BCUT2D eigenvalue weighted by molar-refractivity contribution is -0.138. The van der Waals surface area contributed by atoms with Crippen molar-refractivity contribution in [2.45, 2.75) is 39.0 Å². The van der Waals surface area contributed by atoms with Gasteiger partial charge in [0.2, 0.25) is 5.91 Å². The minimum Gasteiger partial charge on any atom is -0.356 e. The number of amides is 1. The molecule has 1 unspecified atom stereocenters. The Morgan fingerprint density at radius 2 is 1.72 bits per heavy atom. The Labute approximate surface area is 110 Å². The quantitative estimate of drug-likeness (QED) is 0.799. The number of carbonyl (C=O) groups is 1. The van der Waals surface area contributed by atoms with Gasteiger partial charge in [0.15, 0.2) is 0 Å². The third-order valence-corrected chi connectivity index (χ3v) is 5.56. The molecule has 0 heterocycles. The molecule has 4 rings (SSSR count). The highest BCUT2D eigenvalue weighted by Crippen LogP contribution is 2.56. The lowest BCUT2D eigenvalue weighted by Crippen LogP contribution is -2.51. The summed E-state index contributed by atoms with van der Waals surface area (Å²) >= 11 is 0. The van der Waals surface area contributed by atoms with E-state index in [1.807, 2.05) is 0 Å². The first-order valence-electron chi connectivity index (χ1n) is 7.65. The molecular formula is C15H26N2O. The highest BCUT2D eigenvalue weighted by molar-refractivity contribution is 5.79. The lowest BCUT2D eigenvalue weighted by Gasteiger charge is -2.53. The molecule has 4 aliphatic carbocycles. The average Bonchev–Trinajstić information content (AvgIpc) is 2.34. The molecule has 1 atom stereocenters. The van der Waals surface area contributed by atoms with Gasteiger partial charge >= 0.3 is 0 Å². The number of rotatable bonds is 4. The fourth-order valence-electron chi connectivity index (χ4n) is 4.83. The zero-order valence-corrected chi connectivity index (χ0v) is 11.4. The van der Waals surface area contributed by atoms with Crippen LogP contribution in [0, 0.1) is 35.5 Å². The third-order valence-electron chi connectivity index (χ3n) is 5.56. The fraction of sp³-hybridized carbons (Fsp3) is 0.933. The second-order valence-electron chi connectivity index (χ2n) is 7.04. The third kappa shape index (κ3) is 2.18. The summed E-state index contributed by atoms with van der Waals surface area (Å²) in [5.74, 6) is 4.31. The molecule has 18 heavy (non-hydrogen) atoms. The van der Waals surface area contributed by atoms with Crippen molar-refractivity contribution in [2.75, 3.05) is 13.1 Å². The number of hydrogen-bond donors (Lipinski definition) is 2. The van der Waals surface area contributed by atoms with Crippen LogP contribution < -0.4 is 11.1 Å². The topological polar surface area (TPSA) is 55.1 Å². The predicted octanol–water partition coefficient (Wildman–Crippen LogP) is 1.77. The summed E-state index contributed by atoms with van der Waals surface area (Å²) in [5.41, 5.74) is 5.60. The second-order valence-corrected chi connectivity index (χ2v) is 7.04. The molecule has 0 aromatic rings. The van der Waals surface area contributed by atoms with E-state index in [0.717, 1.165) is 18.4 Å². The number of hydrogen-bond acceptors (Lipinski definition) is 2. The maximum absolute atomic E-state index is 12.4. The van der Waals surface area contributed by atoms with Crippen LogP contribution in [0.4, 0.5) is 0 Å². The van der Waals surface area contributed by atoms with Crippen molar-refractivity contribution in [2.24, 2.45) is 41.2 Å². The van der Waals surface area contributed by atoms with E-state index >= 15 is 0 Å². The first-order chi connectivity index (χ1) is 8.67. The molecule has 3 N–H and O–H groups in total. The van der Waals surface area contributed by atoms with Crippen molar-refractivity contribution < 1.29 is 4.79 Å². The van der Waals surface area contributed by atoms with Crippen LogP contribution in [0.3, 0.4) is 0 Å². The molecule has 0 spiro atoms. The normalized spacial score (nSPS) is 42.9. The van der Waals surface area contributed by atoms with Crippen molar-refractivity contribution in [1.82, 2.24) is 5.32 Å². The summed E-state index contributed by atoms with van der Waals surface area (Å²) in [7, 11) is 0. The van der Waals surface area contributed by atoms with Crippen molar-refractivity contribution in [3.05, 3.63) is 0 Å². The highest BCUT2D eigenvalue weighted by Gasteiger charge is 2.50. The van der Waals surface area contributed by atoms with E-state index in [9.17, 15) is 4.79 Å². The zero-order valence-electron chi connectivity index (χ0n) is 11.4. The predicted molar refractivity (Wildman–Crippen MR) is 71.8 cm³/mol. The van der Waals surface area contributed by atoms with E-state index in [1.54, 1.807) is 0 Å². The Bertz CT molecular complexity index is 300. The zero-order chi connectivity index (χ0) is 12.7. The van der Waals surface area contributed by atoms with Gasteiger partial charge in [-0.25, -0.2) is 0 Å². The highest BCUT2D eigenvalue weighted by atomic mass is 16.1. The van der Waals surface area contributed by atoms with E-state index in [-0.39, 0.29) is 0 Å². The molecule has 3 heteroatoms. The molecule has 4 bridgehead atoms. The minimum atomic E-state index is 0.322. The Morgan fingerprint density at radius 3 is 2.22 bits per heavy atom. The molecule has 0 aromatic carbocycles. The molecule has 3 nitrogen and oxygen atoms in total. The maximum atomic E-state index is 12.4. The van der Waals surface area contributed by atoms with E-state index in [4.69, 9.17) is 5.73 Å². The largest absolute Gasteiger partial charge is 0.356 e. The average molecular weight is 250 g/mol. The van der Waals surface area contributed by atoms with Crippen LogP contribution in [0.15, 0.2) is 0 Å². The van der Waals surface area contributed by atoms with Gasteiger partial charge < -0.3 is 11.1 Å². The standard InChI is InChI=1S/C15H26N2O/c1-9(7-16)8-17-15(18)14-12-3-10-2-11(5-12)6-13(14)4-10/h9-14H,2-8,16H2,1H3,(H,17,18). The first-order valence-corrected chi connectivity index (χ1v) is 7.65. The van der Waals surface area contributed by atoms with Crippen LogP contribution in [0.2, 0.25) is 0 Å². The molecule has 0 aromatic heterocycles. The summed E-state index contributed by atoms with van der Waals surface area (Å²) in [5, 5.41) is 3.14. The van der Waals surface area contributed by atoms with Gasteiger partial charge in [-0.3, -0.25) is 4.79 Å². The Kier molecular flexibility index (Phi) is 3.35. The van der Waals surface area contributed by atoms with Crippen molar-refractivity contribution in [1.29, 1.82) is 0 Å². The first kappa shape index (κ1) is 12.5. The van der Waals surface area contributed by atoms with Crippen LogP contribution in [0.1, 0.15) is 39.0 Å². The van der Waals surface area contributed by atoms with Crippen molar-refractivity contribution in [3.8, 4) is 0 Å². The van der Waals surface area contributed by atoms with Crippen LogP contribution in [0.25, 0.3) is 0 Å². The second kappa shape index (κ2) is 4.84. The number of carbonyl (C=O) groups excluding carboxylic acids is 1. The molecule has 4 fully saturated rings. The number of nitrogens with two attached hydrogens (primary N) is 1. The monoisotopic (exact) mass is 250 g/mol. The summed E-state index contributed by atoms with van der Waals surface area (Å²) in [4.78, 5) is 12.4. The molecule has 102 valence electrons. The van der Waals surface area contributed by atoms with Crippen molar-refractivity contribution in [3.63, 3.8) is 0 Å². The van der Waals surface area contributed by atoms with E-state index in [2.05, 4.69) is 12.2 Å². The van der Waals surface area contributed by atoms with Gasteiger partial charge in [0.25, 0.3) is 0 Å². The molecule has 0 saturated heterocycles. The van der Waals surface area contributed by atoms with Crippen LogP contribution in [-0.4, -0.2) is 19.0 Å². The molecule has 4 aliphatic rings. The van der Waals surface area contributed by atoms with E-state index < -0.39 is 0 Å². The van der Waals surface area contributed by atoms with E-state index in [1.165, 1.54) is 32.1 Å². The van der Waals surface area contributed by atoms with Gasteiger partial charge in [-0.2, -0.15) is 0 Å². The molecule has 4 saturated carbocycles. The fourth-order valence-corrected chi connectivity index (χ4v) is 4.83. The van der Waals surface area contributed by atoms with Crippen LogP contribution >= 0.6 is 0 Å². The lowest BCUT2D eigenvalue weighted by atomic mass is 9.51. The Balaban J connectivity index is 1.60. The van der Waals surface area contributed by atoms with Gasteiger partial charge in [0.05, 0.1) is 0 Å². The Hall–Kier alpha value is -0.570. The van der Waals surface area contributed by atoms with Crippen LogP contribution in [-0.2, 0) is 4.79 Å². The maximum Gasteiger partial charge on any atom is 0.223 e. The summed E-state index contributed by atoms with van der Waals surface area (Å²) < 4.78 is 0. The Morgan fingerprint density at radius 1 is 1.17 bits per heavy atom. The van der Waals surface area contributed by atoms with Gasteiger partial charge in [-0.1, -0.05) is 6.92 Å². The van der Waals surface area contributed by atoms with Gasteiger partial charge in [-0.05, 0) is 68.2 Å². The summed E-state index contributed by atoms with van der Waals surface area (Å²) in [6, 6.07) is 0. The smallest absolute Gasteiger partial charge is 0.223 e. The van der Waals surface area contributed by atoms with Crippen molar-refractivity contribution >= 4 is 5.91 Å². The SMILES string of the molecule is CC(CN)CNC(=O)C1C2CC3CC(C2)CC1C3. The van der Waals surface area contributed by atoms with Gasteiger partial charge in [0, 0.05) is 12.5 Å². The van der Waals surface area contributed by atoms with Gasteiger partial charge in [-0.15, -0.1) is 0 Å². The molecular weight excluding hydrogens is 224 g/mol.